The molecule has 5 aliphatic heterocycles. The Balaban J connectivity index is 0.786. The van der Waals surface area contributed by atoms with E-state index < -0.39 is 6.61 Å². The van der Waals surface area contributed by atoms with Crippen molar-refractivity contribution in [3.63, 3.8) is 0 Å². The molecular formula is C56H67N11O6. The van der Waals surface area contributed by atoms with Gasteiger partial charge in [0.1, 0.15) is 11.5 Å². The van der Waals surface area contributed by atoms with Gasteiger partial charge in [-0.1, -0.05) is 26.5 Å². The molecule has 6 aliphatic rings. The highest BCUT2D eigenvalue weighted by atomic mass is 16.5. The molecule has 0 saturated carbocycles. The average molecular weight is 990 g/mol. The lowest BCUT2D eigenvalue weighted by atomic mass is 9.90. The van der Waals surface area contributed by atoms with Crippen molar-refractivity contribution in [3.05, 3.63) is 118 Å². The van der Waals surface area contributed by atoms with Gasteiger partial charge in [0.05, 0.1) is 23.7 Å². The normalized spacial score (nSPS) is 22.1. The second kappa shape index (κ2) is 19.2. The minimum absolute atomic E-state index is 0.0460. The van der Waals surface area contributed by atoms with Crippen LogP contribution in [0.5, 0.6) is 0 Å². The minimum Gasteiger partial charge on any atom is -0.392 e. The average Bonchev–Trinajstić information content (AvgIpc) is 4.02. The van der Waals surface area contributed by atoms with Crippen LogP contribution in [0.3, 0.4) is 0 Å². The number of carbonyl (C=O) groups excluding carboxylic acids is 3. The fourth-order valence-electron chi connectivity index (χ4n) is 12.7. The van der Waals surface area contributed by atoms with E-state index in [1.807, 2.05) is 36.4 Å². The predicted octanol–water partition coefficient (Wildman–Crippen LogP) is 6.49. The van der Waals surface area contributed by atoms with E-state index in [1.54, 1.807) is 30.4 Å². The van der Waals surface area contributed by atoms with Crippen molar-refractivity contribution in [2.45, 2.75) is 110 Å². The van der Waals surface area contributed by atoms with Crippen molar-refractivity contribution >= 4 is 52.1 Å². The first-order valence-electron chi connectivity index (χ1n) is 26.0. The summed E-state index contributed by atoms with van der Waals surface area (Å²) in [5, 5.41) is 17.1. The smallest absolute Gasteiger partial charge is 0.293 e. The first kappa shape index (κ1) is 48.4. The molecule has 0 bridgehead atoms. The van der Waals surface area contributed by atoms with E-state index in [0.29, 0.717) is 84.6 Å². The maximum absolute atomic E-state index is 14.1. The summed E-state index contributed by atoms with van der Waals surface area (Å²) in [6, 6.07) is 16.7. The number of aliphatic hydroxyl groups excluding tert-OH is 1. The number of aromatic nitrogens is 4. The van der Waals surface area contributed by atoms with Crippen LogP contribution in [0.2, 0.25) is 0 Å². The molecule has 3 fully saturated rings. The van der Waals surface area contributed by atoms with Crippen LogP contribution in [0.15, 0.2) is 78.4 Å². The summed E-state index contributed by atoms with van der Waals surface area (Å²) in [6.07, 6.45) is 10.1. The number of aryl methyl sites for hydroxylation is 1. The van der Waals surface area contributed by atoms with Crippen LogP contribution in [-0.2, 0) is 49.1 Å². The molecular weight excluding hydrogens is 923 g/mol. The highest BCUT2D eigenvalue weighted by Gasteiger charge is 2.40. The standard InChI is InChI=1S/C56H67N11O6/c1-7-50(69)59-44-27-37(58-51-55(72)61(6)32-45(60-51)40-13-17-57-52(43(40)33-68)66-22-21-65-48(54(66)71)26-36-28-56(4,5)29-49(36)65)11-12-47(44)64-20-19-62(30-35(64)3)39-14-18-63(34(2)25-39)46-10-8-9-41-42(46)31-67(53(41)70)38-15-23-73-24-16-38/h7-13,17,26-27,32,34-35,38-39,68H,1,14-16,18-25,28-31,33H2,2-6H3,(H,58,60)(H,59,69)/t34-,35-,39?/m0/s1. The quantitative estimate of drug-likeness (QED) is 0.123. The Labute approximate surface area is 426 Å². The lowest BCUT2D eigenvalue weighted by molar-refractivity contribution is -0.111. The van der Waals surface area contributed by atoms with Crippen LogP contribution in [0.25, 0.3) is 11.3 Å². The number of hydrogen-bond donors (Lipinski definition) is 3. The van der Waals surface area contributed by atoms with Crippen molar-refractivity contribution < 1.29 is 24.2 Å². The fraction of sp³-hybridized carbons (Fsp3) is 0.464. The Morgan fingerprint density at radius 2 is 1.70 bits per heavy atom. The van der Waals surface area contributed by atoms with Gasteiger partial charge in [-0.05, 0) is 112 Å². The number of piperazine rings is 1. The fourth-order valence-corrected chi connectivity index (χ4v) is 12.7. The highest BCUT2D eigenvalue weighted by Crippen LogP contribution is 2.42. The number of piperidine rings is 1. The van der Waals surface area contributed by atoms with Crippen LogP contribution in [-0.4, -0.2) is 122 Å². The molecule has 1 unspecified atom stereocenters. The molecule has 3 aromatic heterocycles. The third-order valence-electron chi connectivity index (χ3n) is 16.4. The van der Waals surface area contributed by atoms with Crippen LogP contribution in [0.1, 0.15) is 96.6 Å². The van der Waals surface area contributed by atoms with E-state index in [9.17, 15) is 24.3 Å². The number of pyridine rings is 1. The van der Waals surface area contributed by atoms with Crippen LogP contribution < -0.4 is 30.9 Å². The zero-order valence-corrected chi connectivity index (χ0v) is 42.7. The Kier molecular flexibility index (Phi) is 12.8. The molecule has 3 atom stereocenters. The van der Waals surface area contributed by atoms with Crippen molar-refractivity contribution in [2.75, 3.05) is 71.3 Å². The molecule has 3 N–H and O–H groups in total. The third kappa shape index (κ3) is 8.88. The van der Waals surface area contributed by atoms with Gasteiger partial charge < -0.3 is 44.3 Å². The van der Waals surface area contributed by atoms with Crippen LogP contribution in [0.4, 0.5) is 34.4 Å². The van der Waals surface area contributed by atoms with E-state index in [4.69, 9.17) is 9.72 Å². The summed E-state index contributed by atoms with van der Waals surface area (Å²) in [7, 11) is 1.64. The maximum atomic E-state index is 14.1. The number of benzene rings is 2. The van der Waals surface area contributed by atoms with Crippen LogP contribution >= 0.6 is 0 Å². The van der Waals surface area contributed by atoms with Gasteiger partial charge in [0.15, 0.2) is 5.82 Å². The van der Waals surface area contributed by atoms with Gasteiger partial charge in [-0.25, -0.2) is 9.97 Å². The Hall–Kier alpha value is -6.82. The SMILES string of the molecule is C=CC(=O)Nc1cc(Nc2nc(-c3ccnc(N4CCn5c(cc6c5CC(C)(C)C6)C4=O)c3CO)cn(C)c2=O)ccc1N1CCN(C2CCN(c3cccc4c3CN(C3CCOCC3)C4=O)[C@@H](C)C2)C[C@@H]1C. The van der Waals surface area contributed by atoms with Crippen molar-refractivity contribution in [2.24, 2.45) is 12.5 Å². The molecule has 1 aliphatic carbocycles. The summed E-state index contributed by atoms with van der Waals surface area (Å²) >= 11 is 0. The number of rotatable bonds is 11. The van der Waals surface area contributed by atoms with Gasteiger partial charge in [0.25, 0.3) is 17.4 Å². The monoisotopic (exact) mass is 990 g/mol. The zero-order chi connectivity index (χ0) is 50.9. The van der Waals surface area contributed by atoms with E-state index >= 15 is 0 Å². The number of nitrogens with one attached hydrogen (secondary N) is 2. The largest absolute Gasteiger partial charge is 0.392 e. The molecule has 0 radical (unpaired) electrons. The molecule has 17 nitrogen and oxygen atoms in total. The number of aliphatic hydroxyl groups is 1. The molecule has 0 spiro atoms. The summed E-state index contributed by atoms with van der Waals surface area (Å²) in [6.45, 7) is 18.8. The van der Waals surface area contributed by atoms with E-state index in [-0.39, 0.29) is 46.6 Å². The maximum Gasteiger partial charge on any atom is 0.293 e. The molecule has 73 heavy (non-hydrogen) atoms. The lowest BCUT2D eigenvalue weighted by Crippen LogP contribution is -2.58. The van der Waals surface area contributed by atoms with Gasteiger partial charge >= 0.3 is 0 Å². The van der Waals surface area contributed by atoms with E-state index in [2.05, 4.69) is 80.1 Å². The van der Waals surface area contributed by atoms with Crippen molar-refractivity contribution in [1.82, 2.24) is 28.9 Å². The second-order valence-corrected chi connectivity index (χ2v) is 21.7. The van der Waals surface area contributed by atoms with Crippen molar-refractivity contribution in [1.29, 1.82) is 0 Å². The summed E-state index contributed by atoms with van der Waals surface area (Å²) in [5.74, 6) is 0.0349. The van der Waals surface area contributed by atoms with Gasteiger partial charge in [0.2, 0.25) is 5.91 Å². The number of fused-ring (bicyclic) bond motifs is 4. The lowest BCUT2D eigenvalue weighted by Gasteiger charge is -2.48. The van der Waals surface area contributed by atoms with Gasteiger partial charge in [-0.15, -0.1) is 0 Å². The number of amides is 3. The van der Waals surface area contributed by atoms with Gasteiger partial charge in [-0.2, -0.15) is 0 Å². The highest BCUT2D eigenvalue weighted by molar-refractivity contribution is 6.06. The zero-order valence-electron chi connectivity index (χ0n) is 42.7. The molecule has 5 aromatic rings. The minimum atomic E-state index is -0.406. The molecule has 2 aromatic carbocycles. The molecule has 11 rings (SSSR count). The Bertz CT molecular complexity index is 3080. The second-order valence-electron chi connectivity index (χ2n) is 21.7. The van der Waals surface area contributed by atoms with E-state index in [0.717, 1.165) is 81.5 Å². The van der Waals surface area contributed by atoms with E-state index in [1.165, 1.54) is 27.6 Å². The number of ether oxygens (including phenoxy) is 1. The first-order valence-corrected chi connectivity index (χ1v) is 26.0. The number of anilines is 6. The molecule has 3 saturated heterocycles. The van der Waals surface area contributed by atoms with Gasteiger partial charge in [0, 0.05) is 142 Å². The topological polar surface area (TPSA) is 174 Å². The number of carbonyl (C=O) groups is 3. The molecule has 8 heterocycles. The summed E-state index contributed by atoms with van der Waals surface area (Å²) < 4.78 is 9.19. The Morgan fingerprint density at radius 1 is 0.890 bits per heavy atom. The third-order valence-corrected chi connectivity index (χ3v) is 16.4. The molecule has 3 amide bonds. The number of hydrogen-bond acceptors (Lipinski definition) is 12. The van der Waals surface area contributed by atoms with Gasteiger partial charge in [-0.3, -0.25) is 29.0 Å². The summed E-state index contributed by atoms with van der Waals surface area (Å²) in [4.78, 5) is 75.0. The Morgan fingerprint density at radius 3 is 2.47 bits per heavy atom. The summed E-state index contributed by atoms with van der Waals surface area (Å²) in [5.41, 5.74) is 9.41. The predicted molar refractivity (Wildman–Crippen MR) is 283 cm³/mol. The molecule has 17 heteroatoms. The van der Waals surface area contributed by atoms with Crippen LogP contribution in [0, 0.1) is 5.41 Å². The number of nitrogens with zero attached hydrogens (tertiary/aromatic N) is 9. The first-order chi connectivity index (χ1) is 35.2. The molecule has 382 valence electrons. The van der Waals surface area contributed by atoms with Crippen molar-refractivity contribution in [3.8, 4) is 11.3 Å².